The second-order valence-corrected chi connectivity index (χ2v) is 13.2. The van der Waals surface area contributed by atoms with Crippen LogP contribution in [0, 0.1) is 0 Å². The van der Waals surface area contributed by atoms with Gasteiger partial charge in [-0.25, -0.2) is 0 Å². The predicted molar refractivity (Wildman–Crippen MR) is 214 cm³/mol. The SMILES string of the molecule is c1ccc(N(c2cccc3c2oc2ccccc23)c2ccc(-c3cccc(-c4cccc5c4oc4ccccc45)c3)c3oc4ccccc4c23)cc1. The van der Waals surface area contributed by atoms with Crippen LogP contribution in [0.15, 0.2) is 189 Å². The highest BCUT2D eigenvalue weighted by Crippen LogP contribution is 2.48. The average molecular weight is 668 g/mol. The van der Waals surface area contributed by atoms with Crippen LogP contribution in [0.2, 0.25) is 0 Å². The molecule has 0 aliphatic rings. The van der Waals surface area contributed by atoms with E-state index in [0.29, 0.717) is 0 Å². The van der Waals surface area contributed by atoms with E-state index in [9.17, 15) is 0 Å². The van der Waals surface area contributed by atoms with Crippen LogP contribution in [0.25, 0.3) is 88.1 Å². The number of nitrogens with zero attached hydrogens (tertiary/aromatic N) is 1. The van der Waals surface area contributed by atoms with Gasteiger partial charge in [0.1, 0.15) is 27.9 Å². The first-order valence-electron chi connectivity index (χ1n) is 17.5. The van der Waals surface area contributed by atoms with Crippen molar-refractivity contribution in [2.45, 2.75) is 0 Å². The van der Waals surface area contributed by atoms with E-state index in [-0.39, 0.29) is 0 Å². The molecule has 3 aromatic heterocycles. The summed E-state index contributed by atoms with van der Waals surface area (Å²) in [5.74, 6) is 0. The van der Waals surface area contributed by atoms with Crippen molar-refractivity contribution in [1.29, 1.82) is 0 Å². The summed E-state index contributed by atoms with van der Waals surface area (Å²) in [5.41, 5.74) is 12.4. The topological polar surface area (TPSA) is 42.7 Å². The Morgan fingerprint density at radius 1 is 0.327 bits per heavy atom. The molecule has 244 valence electrons. The Hall–Kier alpha value is -7.04. The maximum absolute atomic E-state index is 6.82. The first-order valence-corrected chi connectivity index (χ1v) is 17.5. The van der Waals surface area contributed by atoms with Gasteiger partial charge in [-0.1, -0.05) is 121 Å². The predicted octanol–water partition coefficient (Wildman–Crippen LogP) is 14.2. The van der Waals surface area contributed by atoms with E-state index in [4.69, 9.17) is 13.3 Å². The van der Waals surface area contributed by atoms with E-state index >= 15 is 0 Å². The molecule has 0 saturated heterocycles. The highest BCUT2D eigenvalue weighted by molar-refractivity contribution is 6.19. The molecule has 0 bridgehead atoms. The lowest BCUT2D eigenvalue weighted by atomic mass is 9.95. The largest absolute Gasteiger partial charge is 0.455 e. The Labute approximate surface area is 298 Å². The number of hydrogen-bond acceptors (Lipinski definition) is 4. The van der Waals surface area contributed by atoms with E-state index in [1.165, 1.54) is 0 Å². The normalized spacial score (nSPS) is 11.8. The van der Waals surface area contributed by atoms with Crippen LogP contribution < -0.4 is 4.90 Å². The maximum atomic E-state index is 6.82. The van der Waals surface area contributed by atoms with Gasteiger partial charge < -0.3 is 18.2 Å². The number of anilines is 3. The molecule has 0 aliphatic heterocycles. The molecule has 0 N–H and O–H groups in total. The third-order valence-electron chi connectivity index (χ3n) is 10.3. The van der Waals surface area contributed by atoms with Gasteiger partial charge in [-0.3, -0.25) is 0 Å². The number of rotatable bonds is 5. The van der Waals surface area contributed by atoms with Crippen molar-refractivity contribution >= 4 is 82.9 Å². The summed E-state index contributed by atoms with van der Waals surface area (Å²) in [6.07, 6.45) is 0. The van der Waals surface area contributed by atoms with Crippen LogP contribution in [0.5, 0.6) is 0 Å². The smallest absolute Gasteiger partial charge is 0.159 e. The first-order chi connectivity index (χ1) is 25.8. The van der Waals surface area contributed by atoms with E-state index in [2.05, 4.69) is 144 Å². The molecule has 4 nitrogen and oxygen atoms in total. The number of hydrogen-bond donors (Lipinski definition) is 0. The molecule has 0 spiro atoms. The molecule has 0 saturated carbocycles. The van der Waals surface area contributed by atoms with E-state index < -0.39 is 0 Å². The van der Waals surface area contributed by atoms with Crippen molar-refractivity contribution in [2.24, 2.45) is 0 Å². The molecule has 11 aromatic rings. The van der Waals surface area contributed by atoms with Gasteiger partial charge in [0.2, 0.25) is 0 Å². The molecule has 0 unspecified atom stereocenters. The quantitative estimate of drug-likeness (QED) is 0.183. The second kappa shape index (κ2) is 11.2. The number of fused-ring (bicyclic) bond motifs is 9. The summed E-state index contributed by atoms with van der Waals surface area (Å²) < 4.78 is 19.9. The van der Waals surface area contributed by atoms with E-state index in [0.717, 1.165) is 105 Å². The standard InChI is InChI=1S/C48H29NO3/c1-2-15-32(16-3-1)49(41-23-12-22-38-36-18-5-8-25-43(36)51-47(38)41)40-28-27-34(48-45(40)39-19-6-9-26-44(39)52-48)31-14-10-13-30(29-31)33-20-11-21-37-35-17-4-7-24-42(35)50-46(33)37/h1-29H. The summed E-state index contributed by atoms with van der Waals surface area (Å²) in [4.78, 5) is 2.30. The zero-order valence-electron chi connectivity index (χ0n) is 27.9. The Balaban J connectivity index is 1.15. The summed E-state index contributed by atoms with van der Waals surface area (Å²) in [6, 6.07) is 61.1. The highest BCUT2D eigenvalue weighted by atomic mass is 16.3. The van der Waals surface area contributed by atoms with Gasteiger partial charge in [0.15, 0.2) is 5.58 Å². The van der Waals surface area contributed by atoms with Gasteiger partial charge in [0, 0.05) is 43.7 Å². The molecule has 0 radical (unpaired) electrons. The van der Waals surface area contributed by atoms with E-state index in [1.807, 2.05) is 36.4 Å². The third kappa shape index (κ3) is 4.28. The lowest BCUT2D eigenvalue weighted by Crippen LogP contribution is -2.10. The number of furan rings is 3. The molecule has 0 fully saturated rings. The van der Waals surface area contributed by atoms with Crippen LogP contribution in [0.3, 0.4) is 0 Å². The molecular formula is C48H29NO3. The minimum absolute atomic E-state index is 0.829. The Morgan fingerprint density at radius 3 is 1.58 bits per heavy atom. The summed E-state index contributed by atoms with van der Waals surface area (Å²) in [6.45, 7) is 0. The second-order valence-electron chi connectivity index (χ2n) is 13.2. The molecule has 0 aliphatic carbocycles. The summed E-state index contributed by atoms with van der Waals surface area (Å²) in [7, 11) is 0. The van der Waals surface area contributed by atoms with Gasteiger partial charge >= 0.3 is 0 Å². The van der Waals surface area contributed by atoms with Crippen molar-refractivity contribution in [2.75, 3.05) is 4.90 Å². The highest BCUT2D eigenvalue weighted by Gasteiger charge is 2.25. The molecule has 8 aromatic carbocycles. The lowest BCUT2D eigenvalue weighted by molar-refractivity contribution is 0.668. The van der Waals surface area contributed by atoms with Crippen LogP contribution >= 0.6 is 0 Å². The maximum Gasteiger partial charge on any atom is 0.159 e. The Morgan fingerprint density at radius 2 is 0.846 bits per heavy atom. The van der Waals surface area contributed by atoms with Gasteiger partial charge in [-0.15, -0.1) is 0 Å². The van der Waals surface area contributed by atoms with Gasteiger partial charge in [0.25, 0.3) is 0 Å². The molecule has 11 rings (SSSR count). The third-order valence-corrected chi connectivity index (χ3v) is 10.3. The van der Waals surface area contributed by atoms with Crippen molar-refractivity contribution < 1.29 is 13.3 Å². The van der Waals surface area contributed by atoms with E-state index in [1.54, 1.807) is 0 Å². The molecule has 3 heterocycles. The molecule has 52 heavy (non-hydrogen) atoms. The number of para-hydroxylation sites is 6. The fourth-order valence-corrected chi connectivity index (χ4v) is 7.95. The monoisotopic (exact) mass is 667 g/mol. The minimum atomic E-state index is 0.829. The Bertz CT molecular complexity index is 3150. The molecular weight excluding hydrogens is 639 g/mol. The zero-order chi connectivity index (χ0) is 34.2. The van der Waals surface area contributed by atoms with Crippen molar-refractivity contribution in [1.82, 2.24) is 0 Å². The lowest BCUT2D eigenvalue weighted by Gasteiger charge is -2.26. The van der Waals surface area contributed by atoms with Crippen molar-refractivity contribution in [3.05, 3.63) is 176 Å². The van der Waals surface area contributed by atoms with Gasteiger partial charge in [-0.05, 0) is 65.7 Å². The average Bonchev–Trinajstić information content (AvgIpc) is 3.91. The van der Waals surface area contributed by atoms with Gasteiger partial charge in [0.05, 0.1) is 16.8 Å². The molecule has 0 amide bonds. The van der Waals surface area contributed by atoms with Crippen LogP contribution in [-0.2, 0) is 0 Å². The minimum Gasteiger partial charge on any atom is -0.455 e. The van der Waals surface area contributed by atoms with Crippen molar-refractivity contribution in [3.63, 3.8) is 0 Å². The number of benzene rings is 8. The Kier molecular flexibility index (Phi) is 6.22. The first kappa shape index (κ1) is 28.8. The fourth-order valence-electron chi connectivity index (χ4n) is 7.95. The van der Waals surface area contributed by atoms with Crippen LogP contribution in [0.4, 0.5) is 17.1 Å². The molecule has 0 atom stereocenters. The van der Waals surface area contributed by atoms with Gasteiger partial charge in [-0.2, -0.15) is 0 Å². The van der Waals surface area contributed by atoms with Crippen molar-refractivity contribution in [3.8, 4) is 22.3 Å². The molecule has 4 heteroatoms. The zero-order valence-corrected chi connectivity index (χ0v) is 27.9. The van der Waals surface area contributed by atoms with Crippen LogP contribution in [0.1, 0.15) is 0 Å². The summed E-state index contributed by atoms with van der Waals surface area (Å²) >= 11 is 0. The summed E-state index contributed by atoms with van der Waals surface area (Å²) in [5, 5.41) is 6.50. The fraction of sp³-hybridized carbons (Fsp3) is 0. The van der Waals surface area contributed by atoms with Crippen LogP contribution in [-0.4, -0.2) is 0 Å².